The first-order valence-corrected chi connectivity index (χ1v) is 5.14. The Hall–Kier alpha value is 1.21. The van der Waals surface area contributed by atoms with Crippen LogP contribution in [0.1, 0.15) is 27.7 Å². The molecule has 0 aromatic rings. The number of hydrogen-bond acceptors (Lipinski definition) is 1. The molecule has 11 heavy (non-hydrogen) atoms. The van der Waals surface area contributed by atoms with Crippen LogP contribution in [0.3, 0.4) is 0 Å². The van der Waals surface area contributed by atoms with E-state index in [1.165, 1.54) is 11.1 Å². The van der Waals surface area contributed by atoms with Gasteiger partial charge >= 0.3 is 77.5 Å². The molecule has 0 aliphatic carbocycles. The summed E-state index contributed by atoms with van der Waals surface area (Å²) in [5.74, 6) is 0. The van der Waals surface area contributed by atoms with E-state index in [4.69, 9.17) is 0 Å². The molecule has 3 heteroatoms. The van der Waals surface area contributed by atoms with Gasteiger partial charge in [-0.1, -0.05) is 0 Å². The maximum absolute atomic E-state index is 2.52. The summed E-state index contributed by atoms with van der Waals surface area (Å²) in [4.78, 5) is 2.52. The summed E-state index contributed by atoms with van der Waals surface area (Å²) in [5.41, 5.74) is 0. The van der Waals surface area contributed by atoms with Gasteiger partial charge in [0.15, 0.2) is 0 Å². The second-order valence-corrected chi connectivity index (χ2v) is 3.99. The monoisotopic (exact) mass is 231 g/mol. The van der Waals surface area contributed by atoms with Gasteiger partial charge in [-0.3, -0.25) is 0 Å². The molecule has 0 heterocycles. The third kappa shape index (κ3) is 6.37. The van der Waals surface area contributed by atoms with Gasteiger partial charge < -0.3 is 17.0 Å². The minimum atomic E-state index is 0. The second kappa shape index (κ2) is 7.83. The Labute approximate surface area is 94.1 Å². The van der Waals surface area contributed by atoms with E-state index in [0.29, 0.717) is 12.1 Å². The number of halogens is 1. The summed E-state index contributed by atoms with van der Waals surface area (Å²) in [6, 6.07) is 1.40. The minimum Gasteiger partial charge on any atom is -1.00 e. The summed E-state index contributed by atoms with van der Waals surface area (Å²) < 4.78 is 1.29. The molecule has 64 valence electrons. The molecule has 0 saturated carbocycles. The predicted octanol–water partition coefficient (Wildman–Crippen LogP) is -1.30. The van der Waals surface area contributed by atoms with Crippen molar-refractivity contribution in [3.05, 3.63) is 0 Å². The van der Waals surface area contributed by atoms with E-state index in [2.05, 4.69) is 54.3 Å². The van der Waals surface area contributed by atoms with E-state index >= 15 is 0 Å². The molecule has 0 bridgehead atoms. The van der Waals surface area contributed by atoms with Crippen molar-refractivity contribution < 1.29 is 17.0 Å². The van der Waals surface area contributed by atoms with Crippen LogP contribution in [0.2, 0.25) is 4.55 Å². The van der Waals surface area contributed by atoms with Gasteiger partial charge in [-0.2, -0.15) is 0 Å². The largest absolute Gasteiger partial charge is 1.00 e. The van der Waals surface area contributed by atoms with Crippen LogP contribution in [-0.4, -0.2) is 45.2 Å². The standard InChI is InChI=1S/C8H18N.BrH.Mg/c1-6-9(7(2)3)8(4)5;;/h7-8H,1,6H2,2-5H3;1H;/q;;+1/p-1. The quantitative estimate of drug-likeness (QED) is 0.545. The molecular formula is C8H18BrMgN. The average molecular weight is 232 g/mol. The summed E-state index contributed by atoms with van der Waals surface area (Å²) in [5, 5.41) is 0. The van der Waals surface area contributed by atoms with Gasteiger partial charge in [0.1, 0.15) is 0 Å². The van der Waals surface area contributed by atoms with Crippen molar-refractivity contribution in [1.29, 1.82) is 0 Å². The Bertz CT molecular complexity index is 78.2. The Kier molecular flexibility index (Phi) is 10.5. The summed E-state index contributed by atoms with van der Waals surface area (Å²) in [6.07, 6.45) is 0. The van der Waals surface area contributed by atoms with E-state index in [1.807, 2.05) is 0 Å². The third-order valence-electron chi connectivity index (χ3n) is 1.74. The fourth-order valence-electron chi connectivity index (χ4n) is 1.30. The van der Waals surface area contributed by atoms with Gasteiger partial charge in [0.25, 0.3) is 0 Å². The van der Waals surface area contributed by atoms with Crippen molar-refractivity contribution in [3.63, 3.8) is 0 Å². The van der Waals surface area contributed by atoms with Gasteiger partial charge in [0.2, 0.25) is 0 Å². The molecule has 0 aromatic carbocycles. The predicted molar refractivity (Wildman–Crippen MR) is 47.5 cm³/mol. The topological polar surface area (TPSA) is 3.24 Å². The van der Waals surface area contributed by atoms with Crippen molar-refractivity contribution in [1.82, 2.24) is 4.90 Å². The van der Waals surface area contributed by atoms with Crippen molar-refractivity contribution in [2.45, 2.75) is 44.3 Å². The average Bonchev–Trinajstić information content (AvgIpc) is 1.81. The zero-order valence-corrected chi connectivity index (χ0v) is 11.1. The Morgan fingerprint density at radius 3 is 1.55 bits per heavy atom. The van der Waals surface area contributed by atoms with E-state index in [9.17, 15) is 0 Å². The molecule has 0 N–H and O–H groups in total. The third-order valence-corrected chi connectivity index (χ3v) is 2.06. The normalized spacial score (nSPS) is 11.0. The summed E-state index contributed by atoms with van der Waals surface area (Å²) in [7, 11) is 0. The summed E-state index contributed by atoms with van der Waals surface area (Å²) in [6.45, 7) is 10.3. The molecule has 0 amide bonds. The molecule has 0 aromatic heterocycles. The van der Waals surface area contributed by atoms with Gasteiger partial charge in [-0.15, -0.1) is 0 Å². The van der Waals surface area contributed by atoms with Crippen LogP contribution >= 0.6 is 0 Å². The van der Waals surface area contributed by atoms with Crippen molar-refractivity contribution in [3.8, 4) is 0 Å². The van der Waals surface area contributed by atoms with E-state index in [1.54, 1.807) is 0 Å². The zero-order chi connectivity index (χ0) is 8.15. The van der Waals surface area contributed by atoms with E-state index < -0.39 is 0 Å². The zero-order valence-electron chi connectivity index (χ0n) is 8.10. The van der Waals surface area contributed by atoms with Crippen LogP contribution in [0.15, 0.2) is 0 Å². The molecule has 1 nitrogen and oxygen atoms in total. The fraction of sp³-hybridized carbons (Fsp3) is 1.00. The SMILES string of the molecule is CC(C)N(C[CH2][Mg+])C(C)C.[Br-]. The van der Waals surface area contributed by atoms with Crippen molar-refractivity contribution in [2.75, 3.05) is 6.54 Å². The molecule has 0 aliphatic heterocycles. The Balaban J connectivity index is 0. The number of nitrogens with zero attached hydrogens (tertiary/aromatic N) is 1. The maximum atomic E-state index is 2.52. The van der Waals surface area contributed by atoms with Gasteiger partial charge in [0, 0.05) is 0 Å². The van der Waals surface area contributed by atoms with Crippen molar-refractivity contribution >= 4 is 21.7 Å². The molecule has 0 spiro atoms. The van der Waals surface area contributed by atoms with E-state index in [-0.39, 0.29) is 17.0 Å². The van der Waals surface area contributed by atoms with Gasteiger partial charge in [-0.25, -0.2) is 0 Å². The van der Waals surface area contributed by atoms with Crippen LogP contribution < -0.4 is 17.0 Å². The molecule has 0 atom stereocenters. The first-order valence-electron chi connectivity index (χ1n) is 4.14. The Morgan fingerprint density at radius 1 is 1.09 bits per heavy atom. The van der Waals surface area contributed by atoms with Crippen LogP contribution in [0.5, 0.6) is 0 Å². The first-order chi connectivity index (χ1) is 4.59. The van der Waals surface area contributed by atoms with Crippen LogP contribution in [0, 0.1) is 0 Å². The van der Waals surface area contributed by atoms with Crippen LogP contribution in [0.25, 0.3) is 0 Å². The first kappa shape index (κ1) is 14.7. The van der Waals surface area contributed by atoms with Gasteiger partial charge in [-0.05, 0) is 0 Å². The van der Waals surface area contributed by atoms with Crippen LogP contribution in [-0.2, 0) is 0 Å². The molecule has 0 saturated heterocycles. The smallest absolute Gasteiger partial charge is 1.00 e. The summed E-state index contributed by atoms with van der Waals surface area (Å²) >= 11 is 2.05. The Morgan fingerprint density at radius 2 is 1.45 bits per heavy atom. The molecule has 0 fully saturated rings. The van der Waals surface area contributed by atoms with E-state index in [0.717, 1.165) is 0 Å². The maximum Gasteiger partial charge on any atom is -1.00 e. The fourth-order valence-corrected chi connectivity index (χ4v) is 1.66. The van der Waals surface area contributed by atoms with Crippen molar-refractivity contribution in [2.24, 2.45) is 0 Å². The molecular weight excluding hydrogens is 214 g/mol. The number of rotatable bonds is 4. The molecule has 0 unspecified atom stereocenters. The second-order valence-electron chi connectivity index (χ2n) is 3.28. The molecule has 0 aliphatic rings. The molecule has 0 radical (unpaired) electrons. The minimum absolute atomic E-state index is 0. The molecule has 0 rings (SSSR count). The van der Waals surface area contributed by atoms with Crippen LogP contribution in [0.4, 0.5) is 0 Å². The van der Waals surface area contributed by atoms with Gasteiger partial charge in [0.05, 0.1) is 0 Å². The number of hydrogen-bond donors (Lipinski definition) is 0.